The van der Waals surface area contributed by atoms with Crippen LogP contribution in [-0.4, -0.2) is 19.7 Å². The SMILES string of the molecule is COCc1cc2c(c3c1O3)C[C@H]1NCC[C@@]23CCCC[C@@H]13. The van der Waals surface area contributed by atoms with Gasteiger partial charge in [-0.2, -0.15) is 0 Å². The first-order valence-electron chi connectivity index (χ1n) is 8.43. The quantitative estimate of drug-likeness (QED) is 0.860. The molecule has 1 saturated heterocycles. The fourth-order valence-corrected chi connectivity index (χ4v) is 5.53. The van der Waals surface area contributed by atoms with Crippen molar-refractivity contribution < 1.29 is 9.47 Å². The average Bonchev–Trinajstić information content (AvgIpc) is 3.29. The minimum Gasteiger partial charge on any atom is -0.449 e. The molecule has 2 aliphatic heterocycles. The van der Waals surface area contributed by atoms with Crippen LogP contribution >= 0.6 is 0 Å². The molecule has 1 N–H and O–H groups in total. The van der Waals surface area contributed by atoms with E-state index in [1.54, 1.807) is 12.7 Å². The van der Waals surface area contributed by atoms with Gasteiger partial charge in [-0.1, -0.05) is 12.8 Å². The van der Waals surface area contributed by atoms with E-state index in [1.807, 2.05) is 0 Å². The van der Waals surface area contributed by atoms with E-state index in [0.717, 1.165) is 18.1 Å². The molecule has 0 unspecified atom stereocenters. The summed E-state index contributed by atoms with van der Waals surface area (Å²) in [4.78, 5) is 0. The smallest absolute Gasteiger partial charge is 0.175 e. The van der Waals surface area contributed by atoms with E-state index in [4.69, 9.17) is 9.47 Å². The van der Waals surface area contributed by atoms with Crippen LogP contribution in [0.15, 0.2) is 6.07 Å². The van der Waals surface area contributed by atoms with Gasteiger partial charge in [-0.15, -0.1) is 0 Å². The van der Waals surface area contributed by atoms with Crippen LogP contribution in [0.25, 0.3) is 0 Å². The van der Waals surface area contributed by atoms with Crippen molar-refractivity contribution in [2.75, 3.05) is 13.7 Å². The number of hydrogen-bond donors (Lipinski definition) is 1. The van der Waals surface area contributed by atoms with Crippen molar-refractivity contribution in [3.63, 3.8) is 0 Å². The highest BCUT2D eigenvalue weighted by atomic mass is 16.6. The molecule has 0 aromatic heterocycles. The van der Waals surface area contributed by atoms with Gasteiger partial charge in [0.05, 0.1) is 6.61 Å². The third kappa shape index (κ3) is 1.56. The molecule has 112 valence electrons. The first kappa shape index (κ1) is 12.5. The van der Waals surface area contributed by atoms with Crippen LogP contribution in [0.1, 0.15) is 48.8 Å². The molecule has 0 spiro atoms. The van der Waals surface area contributed by atoms with E-state index in [1.165, 1.54) is 55.5 Å². The number of hydrogen-bond acceptors (Lipinski definition) is 3. The number of nitrogens with one attached hydrogen (secondary N) is 1. The maximum Gasteiger partial charge on any atom is 0.175 e. The van der Waals surface area contributed by atoms with E-state index in [9.17, 15) is 0 Å². The third-order valence-corrected chi connectivity index (χ3v) is 6.40. The summed E-state index contributed by atoms with van der Waals surface area (Å²) in [6.45, 7) is 1.86. The molecule has 2 aliphatic carbocycles. The zero-order valence-electron chi connectivity index (χ0n) is 12.7. The number of rotatable bonds is 2. The Hall–Kier alpha value is -1.06. The standard InChI is InChI=1S/C18H23NO2/c1-20-10-11-8-14-12(17-16(11)21-17)9-15-13-4-2-3-5-18(13,14)6-7-19-15/h8,13,15,19H,2-7,9-10H2,1H3/t13-,15+,18+/m0/s1. The maximum absolute atomic E-state index is 5.85. The zero-order chi connectivity index (χ0) is 14.0. The molecule has 5 rings (SSSR count). The van der Waals surface area contributed by atoms with Crippen molar-refractivity contribution in [1.82, 2.24) is 5.32 Å². The summed E-state index contributed by atoms with van der Waals surface area (Å²) >= 11 is 0. The van der Waals surface area contributed by atoms with Crippen molar-refractivity contribution in [1.29, 1.82) is 0 Å². The second kappa shape index (κ2) is 4.23. The fourth-order valence-electron chi connectivity index (χ4n) is 5.53. The summed E-state index contributed by atoms with van der Waals surface area (Å²) in [6.07, 6.45) is 8.03. The third-order valence-electron chi connectivity index (χ3n) is 6.40. The lowest BCUT2D eigenvalue weighted by Gasteiger charge is -2.55. The summed E-state index contributed by atoms with van der Waals surface area (Å²) in [5.74, 6) is 3.13. The average molecular weight is 285 g/mol. The molecule has 3 nitrogen and oxygen atoms in total. The number of methoxy groups -OCH3 is 1. The van der Waals surface area contributed by atoms with Gasteiger partial charge in [0.25, 0.3) is 0 Å². The Morgan fingerprint density at radius 2 is 2.29 bits per heavy atom. The predicted molar refractivity (Wildman–Crippen MR) is 81.0 cm³/mol. The summed E-state index contributed by atoms with van der Waals surface area (Å²) < 4.78 is 11.2. The molecule has 0 radical (unpaired) electrons. The van der Waals surface area contributed by atoms with Crippen LogP contribution < -0.4 is 10.1 Å². The highest BCUT2D eigenvalue weighted by Gasteiger charge is 2.53. The number of benzene rings is 1. The van der Waals surface area contributed by atoms with E-state index < -0.39 is 0 Å². The zero-order valence-corrected chi connectivity index (χ0v) is 12.7. The first-order chi connectivity index (χ1) is 10.3. The summed E-state index contributed by atoms with van der Waals surface area (Å²) in [7, 11) is 1.77. The molecule has 2 heterocycles. The van der Waals surface area contributed by atoms with E-state index >= 15 is 0 Å². The summed E-state index contributed by atoms with van der Waals surface area (Å²) in [6, 6.07) is 3.11. The molecule has 0 amide bonds. The molecule has 1 saturated carbocycles. The van der Waals surface area contributed by atoms with Gasteiger partial charge in [-0.05, 0) is 49.8 Å². The van der Waals surface area contributed by atoms with Crippen LogP contribution in [0.5, 0.6) is 11.5 Å². The van der Waals surface area contributed by atoms with Gasteiger partial charge in [0, 0.05) is 29.7 Å². The largest absolute Gasteiger partial charge is 0.449 e. The minimum atomic E-state index is 0.422. The Morgan fingerprint density at radius 3 is 3.19 bits per heavy atom. The van der Waals surface area contributed by atoms with Crippen LogP contribution in [0.2, 0.25) is 0 Å². The van der Waals surface area contributed by atoms with Crippen molar-refractivity contribution in [2.45, 2.75) is 56.6 Å². The lowest BCUT2D eigenvalue weighted by atomic mass is 9.52. The molecule has 4 aliphatic rings. The monoisotopic (exact) mass is 285 g/mol. The molecular formula is C18H23NO2. The molecular weight excluding hydrogens is 262 g/mol. The molecule has 3 heteroatoms. The van der Waals surface area contributed by atoms with Gasteiger partial charge in [-0.25, -0.2) is 0 Å². The highest BCUT2D eigenvalue weighted by Crippen LogP contribution is 2.61. The van der Waals surface area contributed by atoms with Gasteiger partial charge in [0.1, 0.15) is 0 Å². The first-order valence-corrected chi connectivity index (χ1v) is 8.43. The van der Waals surface area contributed by atoms with Gasteiger partial charge in [0.2, 0.25) is 0 Å². The molecule has 1 aromatic carbocycles. The van der Waals surface area contributed by atoms with Gasteiger partial charge in [0.15, 0.2) is 11.5 Å². The Bertz CT molecular complexity index is 608. The summed E-state index contributed by atoms with van der Waals surface area (Å²) in [5.41, 5.74) is 4.82. The second-order valence-electron chi connectivity index (χ2n) is 7.28. The van der Waals surface area contributed by atoms with Crippen molar-refractivity contribution in [3.8, 4) is 11.5 Å². The number of ether oxygens (including phenoxy) is 2. The van der Waals surface area contributed by atoms with Gasteiger partial charge >= 0.3 is 0 Å². The molecule has 2 bridgehead atoms. The minimum absolute atomic E-state index is 0.422. The topological polar surface area (TPSA) is 33.8 Å². The van der Waals surface area contributed by atoms with E-state index in [2.05, 4.69) is 11.4 Å². The van der Waals surface area contributed by atoms with E-state index in [-0.39, 0.29) is 0 Å². The van der Waals surface area contributed by atoms with E-state index in [0.29, 0.717) is 18.1 Å². The molecule has 1 aromatic rings. The van der Waals surface area contributed by atoms with Gasteiger partial charge in [-0.3, -0.25) is 0 Å². The lowest BCUT2D eigenvalue weighted by molar-refractivity contribution is 0.0795. The van der Waals surface area contributed by atoms with Crippen molar-refractivity contribution >= 4 is 0 Å². The Kier molecular flexibility index (Phi) is 2.52. The fraction of sp³-hybridized carbons (Fsp3) is 0.667. The second-order valence-corrected chi connectivity index (χ2v) is 7.28. The Balaban J connectivity index is 1.70. The molecule has 2 fully saturated rings. The van der Waals surface area contributed by atoms with Crippen molar-refractivity contribution in [2.24, 2.45) is 5.92 Å². The molecule has 21 heavy (non-hydrogen) atoms. The van der Waals surface area contributed by atoms with Crippen LogP contribution in [-0.2, 0) is 23.2 Å². The summed E-state index contributed by atoms with van der Waals surface area (Å²) in [5, 5.41) is 3.80. The van der Waals surface area contributed by atoms with Crippen LogP contribution in [0.4, 0.5) is 0 Å². The lowest BCUT2D eigenvalue weighted by Crippen LogP contribution is -2.59. The predicted octanol–water partition coefficient (Wildman–Crippen LogP) is 3.28. The van der Waals surface area contributed by atoms with Gasteiger partial charge < -0.3 is 14.8 Å². The normalized spacial score (nSPS) is 35.3. The van der Waals surface area contributed by atoms with Crippen molar-refractivity contribution in [3.05, 3.63) is 22.8 Å². The Morgan fingerprint density at radius 1 is 1.33 bits per heavy atom. The molecule has 3 atom stereocenters. The number of fused-ring (bicyclic) bond motifs is 3. The Labute approximate surface area is 126 Å². The number of piperidine rings is 1. The van der Waals surface area contributed by atoms with Crippen LogP contribution in [0, 0.1) is 5.92 Å². The van der Waals surface area contributed by atoms with Crippen LogP contribution in [0.3, 0.4) is 0 Å². The maximum atomic E-state index is 5.85. The highest BCUT2D eigenvalue weighted by molar-refractivity contribution is 5.68.